The van der Waals surface area contributed by atoms with Crippen LogP contribution in [-0.2, 0) is 12.8 Å². The average Bonchev–Trinajstić information content (AvgIpc) is 2.65. The van der Waals surface area contributed by atoms with Crippen molar-refractivity contribution in [2.75, 3.05) is 11.9 Å². The van der Waals surface area contributed by atoms with E-state index in [0.29, 0.717) is 6.54 Å². The van der Waals surface area contributed by atoms with E-state index < -0.39 is 5.66 Å². The molecule has 0 aliphatic heterocycles. The molecule has 25 heavy (non-hydrogen) atoms. The van der Waals surface area contributed by atoms with Crippen molar-refractivity contribution < 1.29 is 0 Å². The van der Waals surface area contributed by atoms with Crippen molar-refractivity contribution in [3.05, 3.63) is 35.5 Å². The van der Waals surface area contributed by atoms with Gasteiger partial charge in [-0.05, 0) is 63.1 Å². The molecule has 0 saturated heterocycles. The Labute approximate surface area is 151 Å². The molecule has 0 amide bonds. The number of anilines is 1. The molecule has 2 aromatic rings. The van der Waals surface area contributed by atoms with E-state index in [0.717, 1.165) is 50.5 Å². The minimum absolute atomic E-state index is 0.398. The summed E-state index contributed by atoms with van der Waals surface area (Å²) in [5.41, 5.74) is 17.1. The highest BCUT2D eigenvalue weighted by molar-refractivity contribution is 5.93. The molecule has 0 radical (unpaired) electrons. The Morgan fingerprint density at radius 3 is 2.68 bits per heavy atom. The largest absolute Gasteiger partial charge is 0.367 e. The molecule has 5 N–H and O–H groups in total. The van der Waals surface area contributed by atoms with Gasteiger partial charge in [-0.3, -0.25) is 4.98 Å². The molecule has 1 aliphatic carbocycles. The first-order valence-electron chi connectivity index (χ1n) is 9.84. The number of pyridine rings is 1. The molecule has 3 rings (SSSR count). The van der Waals surface area contributed by atoms with E-state index in [4.69, 9.17) is 16.5 Å². The predicted molar refractivity (Wildman–Crippen MR) is 107 cm³/mol. The Bertz CT molecular complexity index is 702. The molecule has 1 aromatic heterocycles. The molecule has 1 aliphatic rings. The highest BCUT2D eigenvalue weighted by atomic mass is 15.1. The van der Waals surface area contributed by atoms with Gasteiger partial charge in [0.1, 0.15) is 0 Å². The fraction of sp³-hybridized carbons (Fsp3) is 0.571. The summed E-state index contributed by atoms with van der Waals surface area (Å²) in [6, 6.07) is 8.44. The molecular weight excluding hydrogens is 308 g/mol. The van der Waals surface area contributed by atoms with E-state index >= 15 is 0 Å². The van der Waals surface area contributed by atoms with Gasteiger partial charge in [-0.1, -0.05) is 38.0 Å². The van der Waals surface area contributed by atoms with Crippen molar-refractivity contribution in [1.82, 2.24) is 4.98 Å². The highest BCUT2D eigenvalue weighted by Crippen LogP contribution is 2.35. The van der Waals surface area contributed by atoms with Crippen LogP contribution >= 0.6 is 0 Å². The van der Waals surface area contributed by atoms with Gasteiger partial charge in [0.25, 0.3) is 0 Å². The Morgan fingerprint density at radius 1 is 1.12 bits per heavy atom. The van der Waals surface area contributed by atoms with Crippen molar-refractivity contribution in [3.8, 4) is 0 Å². The quantitative estimate of drug-likeness (QED) is 0.632. The van der Waals surface area contributed by atoms with Gasteiger partial charge < -0.3 is 16.8 Å². The second kappa shape index (κ2) is 8.15. The van der Waals surface area contributed by atoms with E-state index in [9.17, 15) is 0 Å². The zero-order valence-electron chi connectivity index (χ0n) is 15.5. The number of fused-ring (bicyclic) bond motifs is 2. The lowest BCUT2D eigenvalue weighted by molar-refractivity contribution is 0.392. The number of hydrogen-bond donors (Lipinski definition) is 3. The van der Waals surface area contributed by atoms with Gasteiger partial charge in [-0.25, -0.2) is 0 Å². The van der Waals surface area contributed by atoms with Crippen molar-refractivity contribution in [3.63, 3.8) is 0 Å². The van der Waals surface area contributed by atoms with Crippen molar-refractivity contribution >= 4 is 16.6 Å². The highest BCUT2D eigenvalue weighted by Gasteiger charge is 2.27. The standard InChI is InChI=1S/C21H32N4/c1-2-3-13-21(23,14-8-15-22)25-20-16-9-4-6-11-18(16)24-19-12-7-5-10-17(19)20/h4,6,9,11H,2-3,5,7-8,10,12-15,22-23H2,1H3,(H,24,25). The number of hydrogen-bond acceptors (Lipinski definition) is 4. The molecule has 1 atom stereocenters. The third-order valence-corrected chi connectivity index (χ3v) is 5.35. The van der Waals surface area contributed by atoms with E-state index in [1.165, 1.54) is 35.2 Å². The van der Waals surface area contributed by atoms with E-state index in [-0.39, 0.29) is 0 Å². The number of para-hydroxylation sites is 1. The lowest BCUT2D eigenvalue weighted by atomic mass is 9.90. The predicted octanol–water partition coefficient (Wildman–Crippen LogP) is 4.11. The van der Waals surface area contributed by atoms with Crippen LogP contribution in [0.2, 0.25) is 0 Å². The average molecular weight is 341 g/mol. The molecule has 4 nitrogen and oxygen atoms in total. The third-order valence-electron chi connectivity index (χ3n) is 5.35. The smallest absolute Gasteiger partial charge is 0.0857 e. The minimum atomic E-state index is -0.398. The molecule has 136 valence electrons. The number of nitrogens with one attached hydrogen (secondary N) is 1. The van der Waals surface area contributed by atoms with Crippen LogP contribution in [0.15, 0.2) is 24.3 Å². The molecule has 1 unspecified atom stereocenters. The van der Waals surface area contributed by atoms with Crippen LogP contribution in [0.4, 0.5) is 5.69 Å². The second-order valence-corrected chi connectivity index (χ2v) is 7.41. The van der Waals surface area contributed by atoms with Crippen molar-refractivity contribution in [2.24, 2.45) is 11.5 Å². The molecular formula is C21H32N4. The first-order valence-corrected chi connectivity index (χ1v) is 9.84. The normalized spacial score (nSPS) is 16.4. The summed E-state index contributed by atoms with van der Waals surface area (Å²) < 4.78 is 0. The summed E-state index contributed by atoms with van der Waals surface area (Å²) in [5, 5.41) is 4.97. The maximum absolute atomic E-state index is 6.84. The monoisotopic (exact) mass is 340 g/mol. The molecule has 0 spiro atoms. The lowest BCUT2D eigenvalue weighted by Gasteiger charge is -2.34. The van der Waals surface area contributed by atoms with Gasteiger partial charge in [-0.15, -0.1) is 0 Å². The SMILES string of the molecule is CCCCC(N)(CCCN)Nc1c2c(nc3ccccc13)CCCC2. The third kappa shape index (κ3) is 4.13. The molecule has 0 saturated carbocycles. The van der Waals surface area contributed by atoms with Crippen LogP contribution in [0.5, 0.6) is 0 Å². The van der Waals surface area contributed by atoms with Gasteiger partial charge in [0.15, 0.2) is 0 Å². The fourth-order valence-electron chi connectivity index (χ4n) is 3.92. The zero-order chi connectivity index (χ0) is 17.7. The molecule has 4 heteroatoms. The van der Waals surface area contributed by atoms with Gasteiger partial charge in [0.2, 0.25) is 0 Å². The zero-order valence-corrected chi connectivity index (χ0v) is 15.5. The topological polar surface area (TPSA) is 77.0 Å². The number of nitrogens with two attached hydrogens (primary N) is 2. The van der Waals surface area contributed by atoms with Gasteiger partial charge in [0, 0.05) is 11.1 Å². The van der Waals surface area contributed by atoms with Crippen LogP contribution in [0.1, 0.15) is 63.1 Å². The van der Waals surface area contributed by atoms with Crippen LogP contribution < -0.4 is 16.8 Å². The summed E-state index contributed by atoms with van der Waals surface area (Å²) in [7, 11) is 0. The van der Waals surface area contributed by atoms with Gasteiger partial charge >= 0.3 is 0 Å². The lowest BCUT2D eigenvalue weighted by Crippen LogP contribution is -2.48. The van der Waals surface area contributed by atoms with E-state index in [1.807, 2.05) is 0 Å². The first kappa shape index (κ1) is 18.2. The second-order valence-electron chi connectivity index (χ2n) is 7.41. The van der Waals surface area contributed by atoms with Gasteiger partial charge in [-0.2, -0.15) is 0 Å². The minimum Gasteiger partial charge on any atom is -0.367 e. The summed E-state index contributed by atoms with van der Waals surface area (Å²) >= 11 is 0. The number of benzene rings is 1. The van der Waals surface area contributed by atoms with Crippen LogP contribution in [0, 0.1) is 0 Å². The van der Waals surface area contributed by atoms with Crippen LogP contribution in [-0.4, -0.2) is 17.2 Å². The fourth-order valence-corrected chi connectivity index (χ4v) is 3.92. The van der Waals surface area contributed by atoms with Crippen molar-refractivity contribution in [2.45, 2.75) is 70.4 Å². The van der Waals surface area contributed by atoms with E-state index in [1.54, 1.807) is 0 Å². The Kier molecular flexibility index (Phi) is 5.92. The molecule has 1 heterocycles. The van der Waals surface area contributed by atoms with Gasteiger partial charge in [0.05, 0.1) is 16.9 Å². The number of aromatic nitrogens is 1. The Morgan fingerprint density at radius 2 is 1.88 bits per heavy atom. The van der Waals surface area contributed by atoms with Crippen molar-refractivity contribution in [1.29, 1.82) is 0 Å². The Balaban J connectivity index is 2.02. The number of rotatable bonds is 8. The van der Waals surface area contributed by atoms with E-state index in [2.05, 4.69) is 36.5 Å². The summed E-state index contributed by atoms with van der Waals surface area (Å²) in [4.78, 5) is 4.93. The summed E-state index contributed by atoms with van der Waals surface area (Å²) in [6.07, 6.45) is 9.71. The van der Waals surface area contributed by atoms with Crippen LogP contribution in [0.3, 0.4) is 0 Å². The summed E-state index contributed by atoms with van der Waals surface area (Å²) in [6.45, 7) is 2.90. The molecule has 0 fully saturated rings. The summed E-state index contributed by atoms with van der Waals surface area (Å²) in [5.74, 6) is 0. The maximum atomic E-state index is 6.84. The molecule has 1 aromatic carbocycles. The first-order chi connectivity index (χ1) is 12.2. The number of unbranched alkanes of at least 4 members (excludes halogenated alkanes) is 1. The maximum Gasteiger partial charge on any atom is 0.0857 e. The molecule has 0 bridgehead atoms. The number of nitrogens with zero attached hydrogens (tertiary/aromatic N) is 1. The Hall–Kier alpha value is -1.65. The van der Waals surface area contributed by atoms with Crippen LogP contribution in [0.25, 0.3) is 10.9 Å². The number of aryl methyl sites for hydroxylation is 1.